The van der Waals surface area contributed by atoms with E-state index in [1.54, 1.807) is 23.5 Å². The highest BCUT2D eigenvalue weighted by Crippen LogP contribution is 2.26. The second-order valence-corrected chi connectivity index (χ2v) is 5.48. The van der Waals surface area contributed by atoms with E-state index in [-0.39, 0.29) is 4.47 Å². The molecule has 0 fully saturated rings. The van der Waals surface area contributed by atoms with Crippen molar-refractivity contribution in [3.63, 3.8) is 0 Å². The van der Waals surface area contributed by atoms with Gasteiger partial charge >= 0.3 is 0 Å². The first kappa shape index (κ1) is 13.1. The molecule has 0 bridgehead atoms. The van der Waals surface area contributed by atoms with Crippen molar-refractivity contribution in [2.45, 2.75) is 6.42 Å². The van der Waals surface area contributed by atoms with Crippen LogP contribution in [0.5, 0.6) is 0 Å². The van der Waals surface area contributed by atoms with E-state index in [0.29, 0.717) is 17.8 Å². The van der Waals surface area contributed by atoms with Crippen molar-refractivity contribution in [2.75, 3.05) is 11.9 Å². The number of nitrogens with zero attached hydrogens (tertiary/aromatic N) is 1. The van der Waals surface area contributed by atoms with Gasteiger partial charge in [-0.15, -0.1) is 11.3 Å². The van der Waals surface area contributed by atoms with Crippen molar-refractivity contribution >= 4 is 33.0 Å². The van der Waals surface area contributed by atoms with Crippen molar-refractivity contribution in [3.8, 4) is 6.07 Å². The van der Waals surface area contributed by atoms with Gasteiger partial charge in [0.2, 0.25) is 0 Å². The Labute approximate surface area is 117 Å². The summed E-state index contributed by atoms with van der Waals surface area (Å²) in [6.07, 6.45) is 0.856. The molecule has 2 aromatic rings. The van der Waals surface area contributed by atoms with Crippen molar-refractivity contribution in [3.05, 3.63) is 50.4 Å². The normalized spacial score (nSPS) is 10.1. The predicted molar refractivity (Wildman–Crippen MR) is 75.3 cm³/mol. The zero-order chi connectivity index (χ0) is 13.0. The van der Waals surface area contributed by atoms with Crippen LogP contribution >= 0.6 is 27.3 Å². The van der Waals surface area contributed by atoms with Crippen LogP contribution in [-0.4, -0.2) is 6.54 Å². The Kier molecular flexibility index (Phi) is 4.34. The molecule has 2 nitrogen and oxygen atoms in total. The molecule has 1 N–H and O–H groups in total. The summed E-state index contributed by atoms with van der Waals surface area (Å²) in [7, 11) is 0. The Morgan fingerprint density at radius 3 is 2.89 bits per heavy atom. The Hall–Kier alpha value is -1.38. The Balaban J connectivity index is 2.02. The van der Waals surface area contributed by atoms with Crippen molar-refractivity contribution < 1.29 is 4.39 Å². The van der Waals surface area contributed by atoms with Gasteiger partial charge in [-0.2, -0.15) is 5.26 Å². The molecular formula is C13H10BrFN2S. The highest BCUT2D eigenvalue weighted by atomic mass is 79.9. The van der Waals surface area contributed by atoms with Gasteiger partial charge in [-0.25, -0.2) is 4.39 Å². The Morgan fingerprint density at radius 2 is 2.22 bits per heavy atom. The first-order valence-electron chi connectivity index (χ1n) is 5.36. The van der Waals surface area contributed by atoms with Gasteiger partial charge in [0, 0.05) is 11.4 Å². The molecule has 0 spiro atoms. The molecule has 0 saturated carbocycles. The molecule has 0 atom stereocenters. The molecule has 0 amide bonds. The number of rotatable bonds is 4. The number of thiophene rings is 1. The maximum absolute atomic E-state index is 13.9. The first-order chi connectivity index (χ1) is 8.72. The zero-order valence-electron chi connectivity index (χ0n) is 9.41. The lowest BCUT2D eigenvalue weighted by Gasteiger charge is -2.08. The standard InChI is InChI=1S/C13H10BrFN2S/c14-12-9(8-16)3-4-11(13(12)15)17-6-5-10-2-1-7-18-10/h1-4,7,17H,5-6H2. The average Bonchev–Trinajstić information content (AvgIpc) is 2.88. The molecule has 0 aliphatic carbocycles. The van der Waals surface area contributed by atoms with Gasteiger partial charge in [0.05, 0.1) is 15.7 Å². The molecular weight excluding hydrogens is 315 g/mol. The molecule has 0 aliphatic heterocycles. The van der Waals surface area contributed by atoms with Gasteiger partial charge in [0.1, 0.15) is 6.07 Å². The number of hydrogen-bond donors (Lipinski definition) is 1. The second kappa shape index (κ2) is 5.98. The minimum absolute atomic E-state index is 0.214. The molecule has 0 saturated heterocycles. The van der Waals surface area contributed by atoms with Gasteiger partial charge < -0.3 is 5.32 Å². The van der Waals surface area contributed by atoms with Crippen LogP contribution < -0.4 is 5.32 Å². The fraction of sp³-hybridized carbons (Fsp3) is 0.154. The molecule has 2 rings (SSSR count). The maximum Gasteiger partial charge on any atom is 0.161 e. The van der Waals surface area contributed by atoms with E-state index < -0.39 is 5.82 Å². The lowest BCUT2D eigenvalue weighted by Crippen LogP contribution is -2.06. The van der Waals surface area contributed by atoms with E-state index in [4.69, 9.17) is 5.26 Å². The highest BCUT2D eigenvalue weighted by molar-refractivity contribution is 9.10. The molecule has 0 unspecified atom stereocenters. The summed E-state index contributed by atoms with van der Waals surface area (Å²) in [6, 6.07) is 9.17. The zero-order valence-corrected chi connectivity index (χ0v) is 11.8. The summed E-state index contributed by atoms with van der Waals surface area (Å²) in [4.78, 5) is 1.26. The largest absolute Gasteiger partial charge is 0.382 e. The smallest absolute Gasteiger partial charge is 0.161 e. The van der Waals surface area contributed by atoms with Crippen LogP contribution in [0, 0.1) is 17.1 Å². The molecule has 92 valence electrons. The summed E-state index contributed by atoms with van der Waals surface area (Å²) in [5.41, 5.74) is 0.716. The highest BCUT2D eigenvalue weighted by Gasteiger charge is 2.10. The number of halogens is 2. The van der Waals surface area contributed by atoms with Gasteiger partial charge in [-0.3, -0.25) is 0 Å². The maximum atomic E-state index is 13.9. The van der Waals surface area contributed by atoms with Crippen LogP contribution in [0.25, 0.3) is 0 Å². The van der Waals surface area contributed by atoms with Gasteiger partial charge in [-0.1, -0.05) is 6.07 Å². The van der Waals surface area contributed by atoms with Crippen molar-refractivity contribution in [2.24, 2.45) is 0 Å². The van der Waals surface area contributed by atoms with Crippen molar-refractivity contribution in [1.82, 2.24) is 0 Å². The summed E-state index contributed by atoms with van der Waals surface area (Å²) >= 11 is 4.77. The number of nitriles is 1. The fourth-order valence-electron chi connectivity index (χ4n) is 1.55. The molecule has 1 aromatic heterocycles. The SMILES string of the molecule is N#Cc1ccc(NCCc2cccs2)c(F)c1Br. The molecule has 18 heavy (non-hydrogen) atoms. The van der Waals surface area contributed by atoms with Crippen LogP contribution in [0.1, 0.15) is 10.4 Å². The number of nitrogens with one attached hydrogen (secondary N) is 1. The van der Waals surface area contributed by atoms with Gasteiger partial charge in [-0.05, 0) is 45.9 Å². The predicted octanol–water partition coefficient (Wildman–Crippen LogP) is 4.18. The van der Waals surface area contributed by atoms with Crippen LogP contribution in [0.3, 0.4) is 0 Å². The third-order valence-corrected chi connectivity index (χ3v) is 4.18. The Morgan fingerprint density at radius 1 is 1.39 bits per heavy atom. The van der Waals surface area contributed by atoms with E-state index >= 15 is 0 Å². The molecule has 0 aliphatic rings. The van der Waals surface area contributed by atoms with Crippen LogP contribution in [0.2, 0.25) is 0 Å². The minimum Gasteiger partial charge on any atom is -0.382 e. The molecule has 5 heteroatoms. The van der Waals surface area contributed by atoms with Gasteiger partial charge in [0.25, 0.3) is 0 Å². The van der Waals surface area contributed by atoms with E-state index in [2.05, 4.69) is 27.3 Å². The lowest BCUT2D eigenvalue weighted by molar-refractivity contribution is 0.623. The Bertz CT molecular complexity index is 575. The van der Waals surface area contributed by atoms with E-state index in [0.717, 1.165) is 6.42 Å². The van der Waals surface area contributed by atoms with Crippen LogP contribution in [-0.2, 0) is 6.42 Å². The summed E-state index contributed by atoms with van der Waals surface area (Å²) in [5.74, 6) is -0.416. The summed E-state index contributed by atoms with van der Waals surface area (Å²) in [6.45, 7) is 0.662. The van der Waals surface area contributed by atoms with Crippen LogP contribution in [0.15, 0.2) is 34.1 Å². The van der Waals surface area contributed by atoms with Crippen molar-refractivity contribution in [1.29, 1.82) is 5.26 Å². The lowest BCUT2D eigenvalue weighted by atomic mass is 10.2. The quantitative estimate of drug-likeness (QED) is 0.915. The average molecular weight is 325 g/mol. The van der Waals surface area contributed by atoms with Crippen LogP contribution in [0.4, 0.5) is 10.1 Å². The van der Waals surface area contributed by atoms with Gasteiger partial charge in [0.15, 0.2) is 5.82 Å². The van der Waals surface area contributed by atoms with E-state index in [1.807, 2.05) is 17.5 Å². The monoisotopic (exact) mass is 324 g/mol. The molecule has 1 heterocycles. The topological polar surface area (TPSA) is 35.8 Å². The second-order valence-electron chi connectivity index (χ2n) is 3.66. The summed E-state index contributed by atoms with van der Waals surface area (Å²) in [5, 5.41) is 13.8. The third kappa shape index (κ3) is 2.89. The minimum atomic E-state index is -0.416. The fourth-order valence-corrected chi connectivity index (χ4v) is 2.69. The number of hydrogen-bond acceptors (Lipinski definition) is 3. The molecule has 0 radical (unpaired) electrons. The van der Waals surface area contributed by atoms with E-state index in [1.165, 1.54) is 4.88 Å². The third-order valence-electron chi connectivity index (χ3n) is 2.47. The first-order valence-corrected chi connectivity index (χ1v) is 7.04. The molecule has 1 aromatic carbocycles. The number of anilines is 1. The van der Waals surface area contributed by atoms with E-state index in [9.17, 15) is 4.39 Å². The number of benzene rings is 1. The summed E-state index contributed by atoms with van der Waals surface area (Å²) < 4.78 is 14.1.